The molecule has 1 aromatic rings. The monoisotopic (exact) mass is 484 g/mol. The van der Waals surface area contributed by atoms with Crippen LogP contribution in [0.15, 0.2) is 0 Å². The van der Waals surface area contributed by atoms with Crippen molar-refractivity contribution in [1.82, 2.24) is 25.2 Å². The normalized spacial score (nSPS) is 20.0. The Morgan fingerprint density at radius 1 is 1.36 bits per heavy atom. The van der Waals surface area contributed by atoms with Gasteiger partial charge in [0.25, 0.3) is 0 Å². The molecule has 2 N–H and O–H groups in total. The average Bonchev–Trinajstić information content (AvgIpc) is 3.28. The quantitative estimate of drug-likeness (QED) is 0.240. The fourth-order valence-electron chi connectivity index (χ4n) is 4.70. The highest BCUT2D eigenvalue weighted by atomic mass is 35.5. The van der Waals surface area contributed by atoms with E-state index in [0.717, 1.165) is 32.2 Å². The standard InChI is InChI=1S/C22H34ClFN6O3/c1-22(2)13-29(9-8-28(22)3)19-18(24)17(26-21(23)27-19)11-25-20(32)16(12-30(33)14-31)10-15-6-4-5-7-15/h14-16,33H,4-13H2,1-3H3,(H,25,32)/t16-/m1/s1. The fraction of sp³-hybridized carbons (Fsp3) is 0.727. The van der Waals surface area contributed by atoms with Gasteiger partial charge in [-0.25, -0.2) is 14.4 Å². The van der Waals surface area contributed by atoms with E-state index in [4.69, 9.17) is 11.6 Å². The maximum atomic E-state index is 15.3. The van der Waals surface area contributed by atoms with Gasteiger partial charge in [-0.15, -0.1) is 0 Å². The number of carbonyl (C=O) groups is 2. The van der Waals surface area contributed by atoms with E-state index in [1.165, 1.54) is 0 Å². The molecule has 3 rings (SSSR count). The van der Waals surface area contributed by atoms with Gasteiger partial charge in [-0.2, -0.15) is 4.98 Å². The first-order valence-corrected chi connectivity index (χ1v) is 11.8. The number of hydrogen-bond donors (Lipinski definition) is 2. The SMILES string of the molecule is CN1CCN(c2nc(Cl)nc(CNC(=O)[C@H](CC3CCCC3)CN(O)C=O)c2F)CC1(C)C. The summed E-state index contributed by atoms with van der Waals surface area (Å²) >= 11 is 6.10. The highest BCUT2D eigenvalue weighted by molar-refractivity contribution is 6.28. The zero-order chi connectivity index (χ0) is 24.2. The van der Waals surface area contributed by atoms with Crippen molar-refractivity contribution in [2.45, 2.75) is 58.0 Å². The van der Waals surface area contributed by atoms with Gasteiger partial charge in [0, 0.05) is 25.2 Å². The van der Waals surface area contributed by atoms with Gasteiger partial charge in [-0.05, 0) is 44.8 Å². The average molecular weight is 485 g/mol. The highest BCUT2D eigenvalue weighted by Gasteiger charge is 2.34. The number of halogens is 2. The molecule has 1 aliphatic carbocycles. The largest absolute Gasteiger partial charge is 0.351 e. The molecule has 2 fully saturated rings. The molecule has 184 valence electrons. The van der Waals surface area contributed by atoms with Crippen molar-refractivity contribution in [2.75, 3.05) is 38.1 Å². The first-order chi connectivity index (χ1) is 15.6. The van der Waals surface area contributed by atoms with E-state index in [1.54, 1.807) is 0 Å². The number of nitrogens with one attached hydrogen (secondary N) is 1. The molecule has 2 amide bonds. The van der Waals surface area contributed by atoms with Crippen LogP contribution < -0.4 is 10.2 Å². The second-order valence-corrected chi connectivity index (χ2v) is 10.1. The molecule has 1 saturated carbocycles. The first-order valence-electron chi connectivity index (χ1n) is 11.5. The van der Waals surface area contributed by atoms with E-state index in [0.29, 0.717) is 30.5 Å². The number of carbonyl (C=O) groups excluding carboxylic acids is 2. The lowest BCUT2D eigenvalue weighted by molar-refractivity contribution is -0.155. The molecule has 1 saturated heterocycles. The van der Waals surface area contributed by atoms with Gasteiger partial charge in [0.2, 0.25) is 17.6 Å². The molecule has 1 atom stereocenters. The summed E-state index contributed by atoms with van der Waals surface area (Å²) in [5.41, 5.74) is -0.162. The fourth-order valence-corrected chi connectivity index (χ4v) is 4.88. The molecule has 0 aromatic carbocycles. The lowest BCUT2D eigenvalue weighted by Gasteiger charge is -2.45. The first kappa shape index (κ1) is 25.6. The van der Waals surface area contributed by atoms with Crippen LogP contribution in [-0.4, -0.2) is 76.2 Å². The molecule has 2 heterocycles. The van der Waals surface area contributed by atoms with E-state index >= 15 is 4.39 Å². The minimum atomic E-state index is -0.607. The molecular formula is C22H34ClFN6O3. The van der Waals surface area contributed by atoms with Crippen LogP contribution in [-0.2, 0) is 16.1 Å². The van der Waals surface area contributed by atoms with Crippen molar-refractivity contribution in [1.29, 1.82) is 0 Å². The Morgan fingerprint density at radius 3 is 2.70 bits per heavy atom. The van der Waals surface area contributed by atoms with Crippen LogP contribution in [0.25, 0.3) is 0 Å². The summed E-state index contributed by atoms with van der Waals surface area (Å²) in [5, 5.41) is 12.7. The predicted molar refractivity (Wildman–Crippen MR) is 122 cm³/mol. The molecule has 0 unspecified atom stereocenters. The smallest absolute Gasteiger partial charge is 0.233 e. The third kappa shape index (κ3) is 6.51. The number of nitrogens with zero attached hydrogens (tertiary/aromatic N) is 5. The molecule has 33 heavy (non-hydrogen) atoms. The zero-order valence-electron chi connectivity index (χ0n) is 19.6. The van der Waals surface area contributed by atoms with E-state index in [9.17, 15) is 14.8 Å². The predicted octanol–water partition coefficient (Wildman–Crippen LogP) is 2.46. The van der Waals surface area contributed by atoms with Gasteiger partial charge in [0.05, 0.1) is 19.0 Å². The Morgan fingerprint density at radius 2 is 2.06 bits per heavy atom. The van der Waals surface area contributed by atoms with E-state index in [1.807, 2.05) is 11.9 Å². The van der Waals surface area contributed by atoms with Crippen molar-refractivity contribution in [2.24, 2.45) is 11.8 Å². The van der Waals surface area contributed by atoms with Crippen molar-refractivity contribution < 1.29 is 19.2 Å². The number of hydroxylamine groups is 2. The topological polar surface area (TPSA) is 102 Å². The molecule has 11 heteroatoms. The van der Waals surface area contributed by atoms with Crippen LogP contribution >= 0.6 is 11.6 Å². The van der Waals surface area contributed by atoms with Gasteiger partial charge < -0.3 is 10.2 Å². The van der Waals surface area contributed by atoms with Crippen LogP contribution in [0.3, 0.4) is 0 Å². The number of piperazine rings is 1. The van der Waals surface area contributed by atoms with Crippen LogP contribution in [0.2, 0.25) is 5.28 Å². The number of amides is 2. The Bertz CT molecular complexity index is 852. The number of aromatic nitrogens is 2. The van der Waals surface area contributed by atoms with Gasteiger partial charge in [-0.1, -0.05) is 25.7 Å². The van der Waals surface area contributed by atoms with Crippen molar-refractivity contribution in [3.63, 3.8) is 0 Å². The Labute approximate surface area is 199 Å². The lowest BCUT2D eigenvalue weighted by atomic mass is 9.92. The molecule has 0 radical (unpaired) electrons. The third-order valence-electron chi connectivity index (χ3n) is 6.91. The maximum absolute atomic E-state index is 15.3. The maximum Gasteiger partial charge on any atom is 0.233 e. The third-order valence-corrected chi connectivity index (χ3v) is 7.08. The molecule has 0 bridgehead atoms. The summed E-state index contributed by atoms with van der Waals surface area (Å²) in [7, 11) is 2.03. The summed E-state index contributed by atoms with van der Waals surface area (Å²) in [4.78, 5) is 35.9. The zero-order valence-corrected chi connectivity index (χ0v) is 20.3. The van der Waals surface area contributed by atoms with Crippen LogP contribution in [0.4, 0.5) is 10.2 Å². The van der Waals surface area contributed by atoms with E-state index < -0.39 is 11.7 Å². The Hall–Kier alpha value is -2.04. The minimum absolute atomic E-state index is 0.00550. The highest BCUT2D eigenvalue weighted by Crippen LogP contribution is 2.31. The van der Waals surface area contributed by atoms with Gasteiger partial charge in [-0.3, -0.25) is 19.7 Å². The van der Waals surface area contributed by atoms with Gasteiger partial charge >= 0.3 is 0 Å². The summed E-state index contributed by atoms with van der Waals surface area (Å²) in [6, 6.07) is 0. The van der Waals surface area contributed by atoms with Crippen molar-refractivity contribution >= 4 is 29.7 Å². The second kappa shape index (κ2) is 10.9. The molecule has 9 nitrogen and oxygen atoms in total. The van der Waals surface area contributed by atoms with Gasteiger partial charge in [0.15, 0.2) is 11.6 Å². The molecule has 2 aliphatic rings. The summed E-state index contributed by atoms with van der Waals surface area (Å²) in [6.07, 6.45) is 5.13. The van der Waals surface area contributed by atoms with Crippen LogP contribution in [0, 0.1) is 17.7 Å². The van der Waals surface area contributed by atoms with Crippen molar-refractivity contribution in [3.8, 4) is 0 Å². The Kier molecular flexibility index (Phi) is 8.47. The molecular weight excluding hydrogens is 451 g/mol. The van der Waals surface area contributed by atoms with Crippen LogP contribution in [0.1, 0.15) is 51.6 Å². The number of likely N-dealkylation sites (N-methyl/N-ethyl adjacent to an activating group) is 1. The van der Waals surface area contributed by atoms with E-state index in [2.05, 4.69) is 34.0 Å². The number of anilines is 1. The minimum Gasteiger partial charge on any atom is -0.351 e. The van der Waals surface area contributed by atoms with Gasteiger partial charge in [0.1, 0.15) is 5.69 Å². The second-order valence-electron chi connectivity index (χ2n) is 9.76. The Balaban J connectivity index is 1.71. The lowest BCUT2D eigenvalue weighted by Crippen LogP contribution is -2.58. The summed E-state index contributed by atoms with van der Waals surface area (Å²) in [6.45, 7) is 5.80. The van der Waals surface area contributed by atoms with Crippen LogP contribution in [0.5, 0.6) is 0 Å². The number of rotatable bonds is 9. The number of hydrogen-bond acceptors (Lipinski definition) is 7. The van der Waals surface area contributed by atoms with Crippen molar-refractivity contribution in [3.05, 3.63) is 16.8 Å². The summed E-state index contributed by atoms with van der Waals surface area (Å²) in [5.74, 6) is -1.06. The molecule has 1 aliphatic heterocycles. The summed E-state index contributed by atoms with van der Waals surface area (Å²) < 4.78 is 15.3. The van der Waals surface area contributed by atoms with E-state index in [-0.39, 0.29) is 47.7 Å². The molecule has 1 aromatic heterocycles. The molecule has 0 spiro atoms.